The van der Waals surface area contributed by atoms with Crippen LogP contribution in [0.15, 0.2) is 0 Å². The summed E-state index contributed by atoms with van der Waals surface area (Å²) >= 11 is 3.98. The molecule has 0 unspecified atom stereocenters. The van der Waals surface area contributed by atoms with E-state index in [-0.39, 0.29) is 6.61 Å². The van der Waals surface area contributed by atoms with Gasteiger partial charge in [0, 0.05) is 0 Å². The molecule has 56 valence electrons. The molecule has 0 radical (unpaired) electrons. The van der Waals surface area contributed by atoms with Crippen LogP contribution in [0.5, 0.6) is 0 Å². The Morgan fingerprint density at radius 1 is 1.80 bits per heavy atom. The second-order valence-corrected chi connectivity index (χ2v) is 3.46. The molecule has 3 heteroatoms. The molecule has 0 aromatic heterocycles. The van der Waals surface area contributed by atoms with Gasteiger partial charge in [-0.15, -0.1) is 6.42 Å². The second kappa shape index (κ2) is 3.52. The van der Waals surface area contributed by atoms with E-state index in [1.54, 1.807) is 13.8 Å². The molecule has 0 rings (SSSR count). The molecule has 0 saturated carbocycles. The van der Waals surface area contributed by atoms with Crippen LogP contribution in [0.4, 0.5) is 0 Å². The van der Waals surface area contributed by atoms with Gasteiger partial charge in [0.2, 0.25) is 0 Å². The van der Waals surface area contributed by atoms with E-state index in [2.05, 4.69) is 23.3 Å². The zero-order chi connectivity index (χ0) is 8.20. The maximum atomic E-state index is 10.8. The van der Waals surface area contributed by atoms with Crippen molar-refractivity contribution in [3.63, 3.8) is 0 Å². The number of hydrogen-bond acceptors (Lipinski definition) is 3. The fraction of sp³-hybridized carbons (Fsp3) is 0.571. The Morgan fingerprint density at radius 2 is 2.30 bits per heavy atom. The van der Waals surface area contributed by atoms with Crippen molar-refractivity contribution in [1.29, 1.82) is 0 Å². The Balaban J connectivity index is 3.78. The molecule has 10 heavy (non-hydrogen) atoms. The van der Waals surface area contributed by atoms with Crippen molar-refractivity contribution in [1.82, 2.24) is 0 Å². The number of carbonyl (C=O) groups is 1. The van der Waals surface area contributed by atoms with E-state index in [4.69, 9.17) is 6.42 Å². The summed E-state index contributed by atoms with van der Waals surface area (Å²) in [5.74, 6) is 1.80. The van der Waals surface area contributed by atoms with Crippen molar-refractivity contribution >= 4 is 18.6 Å². The maximum absolute atomic E-state index is 10.8. The van der Waals surface area contributed by atoms with Crippen molar-refractivity contribution in [2.75, 3.05) is 6.61 Å². The topological polar surface area (TPSA) is 26.3 Å². The number of ether oxygens (including phenoxy) is 1. The molecule has 0 aromatic carbocycles. The van der Waals surface area contributed by atoms with Gasteiger partial charge in [-0.25, -0.2) is 0 Å². The summed E-state index contributed by atoms with van der Waals surface area (Å²) in [6.07, 6.45) is 4.87. The molecule has 0 amide bonds. The van der Waals surface area contributed by atoms with Crippen LogP contribution in [0.1, 0.15) is 13.8 Å². The molecule has 2 nitrogen and oxygen atoms in total. The third-order valence-electron chi connectivity index (χ3n) is 0.786. The van der Waals surface area contributed by atoms with Crippen LogP contribution in [0.3, 0.4) is 0 Å². The van der Waals surface area contributed by atoms with E-state index < -0.39 is 10.7 Å². The van der Waals surface area contributed by atoms with Gasteiger partial charge in [-0.3, -0.25) is 4.79 Å². The highest BCUT2D eigenvalue weighted by molar-refractivity contribution is 7.82. The van der Waals surface area contributed by atoms with E-state index >= 15 is 0 Å². The molecule has 0 bridgehead atoms. The fourth-order valence-corrected chi connectivity index (χ4v) is 0.348. The number of hydrogen-bond donors (Lipinski definition) is 1. The molecule has 0 saturated heterocycles. The normalized spacial score (nSPS) is 10.2. The summed E-state index contributed by atoms with van der Waals surface area (Å²) in [6.45, 7) is 3.31. The molecule has 0 aromatic rings. The monoisotopic (exact) mass is 158 g/mol. The van der Waals surface area contributed by atoms with E-state index in [0.717, 1.165) is 0 Å². The van der Waals surface area contributed by atoms with Crippen LogP contribution >= 0.6 is 12.6 Å². The van der Waals surface area contributed by atoms with E-state index in [0.29, 0.717) is 0 Å². The van der Waals surface area contributed by atoms with Gasteiger partial charge >= 0.3 is 5.97 Å². The zero-order valence-corrected chi connectivity index (χ0v) is 6.94. The van der Waals surface area contributed by atoms with Crippen LogP contribution in [0.25, 0.3) is 0 Å². The molecule has 0 heterocycles. The first-order valence-electron chi connectivity index (χ1n) is 2.81. The Kier molecular flexibility index (Phi) is 3.31. The average molecular weight is 158 g/mol. The summed E-state index contributed by atoms with van der Waals surface area (Å²) in [6, 6.07) is 0. The van der Waals surface area contributed by atoms with Crippen LogP contribution in [-0.2, 0) is 9.53 Å². The molecule has 0 N–H and O–H groups in total. The standard InChI is InChI=1S/C7H10O2S/c1-4-5-9-6(8)7(2,3)10/h1,10H,5H2,2-3H3. The van der Waals surface area contributed by atoms with Crippen LogP contribution in [0, 0.1) is 12.3 Å². The first-order chi connectivity index (χ1) is 4.48. The lowest BCUT2D eigenvalue weighted by Crippen LogP contribution is -2.27. The first-order valence-corrected chi connectivity index (χ1v) is 3.26. The maximum Gasteiger partial charge on any atom is 0.322 e. The molecule has 0 fully saturated rings. The van der Waals surface area contributed by atoms with Gasteiger partial charge in [-0.2, -0.15) is 12.6 Å². The lowest BCUT2D eigenvalue weighted by atomic mass is 10.2. The van der Waals surface area contributed by atoms with Gasteiger partial charge in [0.25, 0.3) is 0 Å². The van der Waals surface area contributed by atoms with Crippen molar-refractivity contribution < 1.29 is 9.53 Å². The summed E-state index contributed by atoms with van der Waals surface area (Å²) in [5, 5.41) is 0. The van der Waals surface area contributed by atoms with Crippen LogP contribution in [-0.4, -0.2) is 17.3 Å². The zero-order valence-electron chi connectivity index (χ0n) is 6.05. The molecule has 0 aliphatic carbocycles. The van der Waals surface area contributed by atoms with Gasteiger partial charge in [0.1, 0.15) is 4.75 Å². The molecule has 0 spiro atoms. The minimum absolute atomic E-state index is 0.0167. The number of carbonyl (C=O) groups excluding carboxylic acids is 1. The van der Waals surface area contributed by atoms with E-state index in [9.17, 15) is 4.79 Å². The van der Waals surface area contributed by atoms with E-state index in [1.165, 1.54) is 0 Å². The predicted molar refractivity (Wildman–Crippen MR) is 42.9 cm³/mol. The molecule has 0 aliphatic heterocycles. The Bertz CT molecular complexity index is 161. The Morgan fingerprint density at radius 3 is 2.60 bits per heavy atom. The van der Waals surface area contributed by atoms with Crippen LogP contribution < -0.4 is 0 Å². The molecular formula is C7H10O2S. The number of thiol groups is 1. The highest BCUT2D eigenvalue weighted by Gasteiger charge is 2.23. The van der Waals surface area contributed by atoms with Crippen molar-refractivity contribution in [3.8, 4) is 12.3 Å². The van der Waals surface area contributed by atoms with Gasteiger partial charge in [-0.05, 0) is 13.8 Å². The lowest BCUT2D eigenvalue weighted by Gasteiger charge is -2.13. The summed E-state index contributed by atoms with van der Waals surface area (Å²) in [5.41, 5.74) is 0. The van der Waals surface area contributed by atoms with Gasteiger partial charge in [0.05, 0.1) is 0 Å². The number of terminal acetylenes is 1. The number of rotatable bonds is 2. The second-order valence-electron chi connectivity index (χ2n) is 2.34. The van der Waals surface area contributed by atoms with Gasteiger partial charge < -0.3 is 4.74 Å². The van der Waals surface area contributed by atoms with Crippen molar-refractivity contribution in [2.45, 2.75) is 18.6 Å². The Hall–Kier alpha value is -0.620. The van der Waals surface area contributed by atoms with Crippen molar-refractivity contribution in [3.05, 3.63) is 0 Å². The third kappa shape index (κ3) is 3.41. The Labute approximate surface area is 66.4 Å². The van der Waals surface area contributed by atoms with Crippen LogP contribution in [0.2, 0.25) is 0 Å². The quantitative estimate of drug-likeness (QED) is 0.366. The smallest absolute Gasteiger partial charge is 0.322 e. The minimum atomic E-state index is -0.753. The minimum Gasteiger partial charge on any atom is -0.451 e. The van der Waals surface area contributed by atoms with E-state index in [1.807, 2.05) is 0 Å². The summed E-state index contributed by atoms with van der Waals surface area (Å²) < 4.78 is 3.85. The summed E-state index contributed by atoms with van der Waals surface area (Å²) in [7, 11) is 0. The van der Waals surface area contributed by atoms with Gasteiger partial charge in [0.15, 0.2) is 6.61 Å². The van der Waals surface area contributed by atoms with Crippen molar-refractivity contribution in [2.24, 2.45) is 0 Å². The first kappa shape index (κ1) is 9.38. The third-order valence-corrected chi connectivity index (χ3v) is 0.969. The summed E-state index contributed by atoms with van der Waals surface area (Å²) in [4.78, 5) is 10.8. The molecule has 0 aliphatic rings. The average Bonchev–Trinajstić information content (AvgIpc) is 1.80. The number of esters is 1. The predicted octanol–water partition coefficient (Wildman–Crippen LogP) is 0.871. The fourth-order valence-electron chi connectivity index (χ4n) is 0.284. The molecule has 0 atom stereocenters. The van der Waals surface area contributed by atoms with Gasteiger partial charge in [-0.1, -0.05) is 5.92 Å². The molecular weight excluding hydrogens is 148 g/mol. The SMILES string of the molecule is C#CCOC(=O)C(C)(C)S. The lowest BCUT2D eigenvalue weighted by molar-refractivity contribution is -0.144. The highest BCUT2D eigenvalue weighted by atomic mass is 32.1. The largest absolute Gasteiger partial charge is 0.451 e. The highest BCUT2D eigenvalue weighted by Crippen LogP contribution is 2.13.